The summed E-state index contributed by atoms with van der Waals surface area (Å²) in [7, 11) is 0. The second-order valence-corrected chi connectivity index (χ2v) is 5.00. The normalized spacial score (nSPS) is 21.1. The van der Waals surface area contributed by atoms with E-state index in [0.29, 0.717) is 35.8 Å². The van der Waals surface area contributed by atoms with Crippen molar-refractivity contribution >= 4 is 28.9 Å². The number of nitrogens with one attached hydrogen (secondary N) is 1. The molecule has 1 saturated heterocycles. The molecule has 0 aromatic heterocycles. The summed E-state index contributed by atoms with van der Waals surface area (Å²) in [4.78, 5) is 24.7. The molecule has 0 saturated carbocycles. The third kappa shape index (κ3) is 2.01. The molecule has 0 spiro atoms. The van der Waals surface area contributed by atoms with E-state index in [1.165, 1.54) is 0 Å². The summed E-state index contributed by atoms with van der Waals surface area (Å²) in [5.74, 6) is -0.0262. The number of hydrogen-bond donors (Lipinski definition) is 3. The lowest BCUT2D eigenvalue weighted by Gasteiger charge is -2.28. The summed E-state index contributed by atoms with van der Waals surface area (Å²) in [6.45, 7) is 0.699. The molecule has 106 valence electrons. The molecule has 2 aliphatic rings. The topological polar surface area (TPSA) is 111 Å². The van der Waals surface area contributed by atoms with Crippen molar-refractivity contribution < 1.29 is 14.3 Å². The fourth-order valence-corrected chi connectivity index (χ4v) is 2.73. The Balaban J connectivity index is 1.99. The van der Waals surface area contributed by atoms with Gasteiger partial charge in [-0.25, -0.2) is 0 Å². The number of amides is 2. The van der Waals surface area contributed by atoms with Crippen molar-refractivity contribution in [1.82, 2.24) is 0 Å². The van der Waals surface area contributed by atoms with E-state index in [2.05, 4.69) is 5.32 Å². The first-order valence-electron chi connectivity index (χ1n) is 6.48. The molecule has 1 aromatic carbocycles. The van der Waals surface area contributed by atoms with Crippen LogP contribution in [0.5, 0.6) is 5.75 Å². The van der Waals surface area contributed by atoms with Crippen molar-refractivity contribution in [3.05, 3.63) is 12.1 Å². The van der Waals surface area contributed by atoms with E-state index in [9.17, 15) is 9.59 Å². The Bertz CT molecular complexity index is 587. The molecule has 0 bridgehead atoms. The average molecular weight is 276 g/mol. The van der Waals surface area contributed by atoms with E-state index in [1.54, 1.807) is 12.1 Å². The van der Waals surface area contributed by atoms with Crippen LogP contribution in [-0.2, 0) is 9.59 Å². The molecule has 2 aliphatic heterocycles. The van der Waals surface area contributed by atoms with Crippen LogP contribution in [0.1, 0.15) is 12.8 Å². The van der Waals surface area contributed by atoms with Gasteiger partial charge in [0.05, 0.1) is 17.1 Å². The minimum absolute atomic E-state index is 0.0145. The van der Waals surface area contributed by atoms with Gasteiger partial charge in [0.15, 0.2) is 6.61 Å². The largest absolute Gasteiger partial charge is 0.482 e. The predicted molar refractivity (Wildman–Crippen MR) is 74.5 cm³/mol. The van der Waals surface area contributed by atoms with Crippen LogP contribution in [0, 0.1) is 0 Å². The molecule has 20 heavy (non-hydrogen) atoms. The van der Waals surface area contributed by atoms with Crippen LogP contribution in [0.2, 0.25) is 0 Å². The molecule has 1 atom stereocenters. The van der Waals surface area contributed by atoms with E-state index >= 15 is 0 Å². The Hall–Kier alpha value is -2.44. The van der Waals surface area contributed by atoms with Gasteiger partial charge < -0.3 is 26.4 Å². The third-order valence-corrected chi connectivity index (χ3v) is 3.65. The van der Waals surface area contributed by atoms with Gasteiger partial charge in [-0.3, -0.25) is 9.59 Å². The summed E-state index contributed by atoms with van der Waals surface area (Å²) in [6, 6.07) is 3.05. The zero-order valence-corrected chi connectivity index (χ0v) is 10.9. The lowest BCUT2D eigenvalue weighted by molar-refractivity contribution is -0.119. The highest BCUT2D eigenvalue weighted by Gasteiger charge is 2.31. The van der Waals surface area contributed by atoms with Crippen molar-refractivity contribution in [3.63, 3.8) is 0 Å². The van der Waals surface area contributed by atoms with Crippen molar-refractivity contribution in [1.29, 1.82) is 0 Å². The number of primary amides is 1. The van der Waals surface area contributed by atoms with Crippen molar-refractivity contribution in [2.24, 2.45) is 5.73 Å². The number of carbonyl (C=O) groups is 2. The number of rotatable bonds is 2. The summed E-state index contributed by atoms with van der Waals surface area (Å²) in [6.07, 6.45) is 1.60. The van der Waals surface area contributed by atoms with Crippen LogP contribution in [0.15, 0.2) is 12.1 Å². The van der Waals surface area contributed by atoms with Crippen LogP contribution in [-0.4, -0.2) is 31.0 Å². The molecule has 0 aliphatic carbocycles. The molecule has 1 fully saturated rings. The molecule has 2 amide bonds. The third-order valence-electron chi connectivity index (χ3n) is 3.65. The average Bonchev–Trinajstić information content (AvgIpc) is 2.87. The van der Waals surface area contributed by atoms with E-state index < -0.39 is 0 Å². The van der Waals surface area contributed by atoms with Crippen LogP contribution < -0.4 is 26.4 Å². The molecule has 7 nitrogen and oxygen atoms in total. The van der Waals surface area contributed by atoms with E-state index in [4.69, 9.17) is 16.2 Å². The Morgan fingerprint density at radius 2 is 2.25 bits per heavy atom. The molecule has 3 rings (SSSR count). The first-order chi connectivity index (χ1) is 9.56. The molecule has 0 radical (unpaired) electrons. The number of hydrogen-bond acceptors (Lipinski definition) is 5. The smallest absolute Gasteiger partial charge is 0.262 e. The predicted octanol–water partition coefficient (Wildman–Crippen LogP) is 0.0538. The van der Waals surface area contributed by atoms with Gasteiger partial charge in [-0.2, -0.15) is 0 Å². The van der Waals surface area contributed by atoms with E-state index in [1.807, 2.05) is 4.90 Å². The Morgan fingerprint density at radius 1 is 1.45 bits per heavy atom. The van der Waals surface area contributed by atoms with E-state index in [0.717, 1.165) is 6.42 Å². The maximum Gasteiger partial charge on any atom is 0.262 e. The highest BCUT2D eigenvalue weighted by Crippen LogP contribution is 2.39. The lowest BCUT2D eigenvalue weighted by Crippen LogP contribution is -2.40. The number of nitrogen functional groups attached to an aromatic ring is 1. The Kier molecular flexibility index (Phi) is 2.89. The molecular formula is C13H16N4O3. The first kappa shape index (κ1) is 12.6. The van der Waals surface area contributed by atoms with Gasteiger partial charge in [0.1, 0.15) is 11.8 Å². The maximum absolute atomic E-state index is 11.5. The van der Waals surface area contributed by atoms with Gasteiger partial charge in [-0.05, 0) is 18.9 Å². The van der Waals surface area contributed by atoms with Gasteiger partial charge >= 0.3 is 0 Å². The van der Waals surface area contributed by atoms with Gasteiger partial charge in [0.25, 0.3) is 5.91 Å². The maximum atomic E-state index is 11.5. The van der Waals surface area contributed by atoms with Crippen LogP contribution in [0.3, 0.4) is 0 Å². The molecule has 5 N–H and O–H groups in total. The Morgan fingerprint density at radius 3 is 3.00 bits per heavy atom. The number of ether oxygens (including phenoxy) is 1. The molecule has 1 aromatic rings. The number of fused-ring (bicyclic) bond motifs is 1. The van der Waals surface area contributed by atoms with Crippen LogP contribution >= 0.6 is 0 Å². The molecular weight excluding hydrogens is 260 g/mol. The van der Waals surface area contributed by atoms with Crippen LogP contribution in [0.4, 0.5) is 17.1 Å². The highest BCUT2D eigenvalue weighted by molar-refractivity contribution is 5.97. The quantitative estimate of drug-likeness (QED) is 0.661. The van der Waals surface area contributed by atoms with Gasteiger partial charge in [0, 0.05) is 12.6 Å². The SMILES string of the molecule is NC(=O)C1CCCN1c1cc2c(cc1N)OCC(=O)N2. The summed E-state index contributed by atoms with van der Waals surface area (Å²) in [5.41, 5.74) is 13.2. The zero-order valence-electron chi connectivity index (χ0n) is 10.9. The van der Waals surface area contributed by atoms with Gasteiger partial charge in [-0.15, -0.1) is 0 Å². The fourth-order valence-electron chi connectivity index (χ4n) is 2.73. The van der Waals surface area contributed by atoms with Gasteiger partial charge in [-0.1, -0.05) is 0 Å². The van der Waals surface area contributed by atoms with Crippen molar-refractivity contribution in [3.8, 4) is 5.75 Å². The Labute approximate surface area is 115 Å². The monoisotopic (exact) mass is 276 g/mol. The van der Waals surface area contributed by atoms with Crippen molar-refractivity contribution in [2.45, 2.75) is 18.9 Å². The molecule has 2 heterocycles. The standard InChI is InChI=1S/C13H16N4O3/c14-7-4-11-8(16-12(18)6-20-11)5-10(7)17-3-1-2-9(17)13(15)19/h4-5,9H,1-3,6,14H2,(H2,15,19)(H,16,18). The minimum atomic E-state index is -0.361. The molecule has 1 unspecified atom stereocenters. The summed E-state index contributed by atoms with van der Waals surface area (Å²) in [5, 5.41) is 2.73. The number of carbonyl (C=O) groups excluding carboxylic acids is 2. The number of nitrogens with two attached hydrogens (primary N) is 2. The highest BCUT2D eigenvalue weighted by atomic mass is 16.5. The minimum Gasteiger partial charge on any atom is -0.482 e. The zero-order chi connectivity index (χ0) is 14.3. The van der Waals surface area contributed by atoms with Crippen molar-refractivity contribution in [2.75, 3.05) is 29.1 Å². The second-order valence-electron chi connectivity index (χ2n) is 5.00. The summed E-state index contributed by atoms with van der Waals surface area (Å²) < 4.78 is 5.31. The summed E-state index contributed by atoms with van der Waals surface area (Å²) >= 11 is 0. The fraction of sp³-hybridized carbons (Fsp3) is 0.385. The number of benzene rings is 1. The lowest BCUT2D eigenvalue weighted by atomic mass is 10.1. The van der Waals surface area contributed by atoms with E-state index in [-0.39, 0.29) is 24.5 Å². The number of anilines is 3. The first-order valence-corrected chi connectivity index (χ1v) is 6.48. The van der Waals surface area contributed by atoms with Gasteiger partial charge in [0.2, 0.25) is 5.91 Å². The molecule has 7 heteroatoms. The number of nitrogens with zero attached hydrogens (tertiary/aromatic N) is 1. The van der Waals surface area contributed by atoms with Crippen LogP contribution in [0.25, 0.3) is 0 Å². The second kappa shape index (κ2) is 4.59.